The van der Waals surface area contributed by atoms with Gasteiger partial charge in [0.1, 0.15) is 0 Å². The zero-order chi connectivity index (χ0) is 37.1. The molecule has 46 heavy (non-hydrogen) atoms. The van der Waals surface area contributed by atoms with Crippen molar-refractivity contribution in [2.24, 2.45) is 11.3 Å². The third-order valence-corrected chi connectivity index (χ3v) is 9.15. The van der Waals surface area contributed by atoms with E-state index >= 15 is 0 Å². The molecule has 0 saturated heterocycles. The summed E-state index contributed by atoms with van der Waals surface area (Å²) in [7, 11) is -1.67. The molecule has 3 aromatic carbocycles. The van der Waals surface area contributed by atoms with Crippen LogP contribution in [-0.4, -0.2) is 18.0 Å². The Morgan fingerprint density at radius 2 is 1.46 bits per heavy atom. The molecule has 1 atom stereocenters. The molecule has 1 unspecified atom stereocenters. The summed E-state index contributed by atoms with van der Waals surface area (Å²) in [6.45, 7) is 18.1. The van der Waals surface area contributed by atoms with E-state index in [1.165, 1.54) is 0 Å². The van der Waals surface area contributed by atoms with Gasteiger partial charge in [-0.3, -0.25) is 0 Å². The van der Waals surface area contributed by atoms with Gasteiger partial charge in [0.15, 0.2) is 0 Å². The number of benzene rings is 3. The Hall–Kier alpha value is -3.17. The van der Waals surface area contributed by atoms with Gasteiger partial charge >= 0.3 is 0 Å². The van der Waals surface area contributed by atoms with Crippen molar-refractivity contribution in [3.63, 3.8) is 0 Å². The van der Waals surface area contributed by atoms with Gasteiger partial charge in [-0.05, 0) is 58.2 Å². The molecule has 243 valence electrons. The molecule has 0 bridgehead atoms. The van der Waals surface area contributed by atoms with Crippen LogP contribution in [0, 0.1) is 23.5 Å². The van der Waals surface area contributed by atoms with Crippen molar-refractivity contribution in [2.45, 2.75) is 79.8 Å². The van der Waals surface area contributed by atoms with E-state index in [0.717, 1.165) is 38.7 Å². The van der Waals surface area contributed by atoms with Crippen molar-refractivity contribution < 1.29 is 27.0 Å². The average molecular weight is 808 g/mol. The van der Waals surface area contributed by atoms with Crippen molar-refractivity contribution in [1.29, 1.82) is 0 Å². The smallest absolute Gasteiger partial charge is 0.0798 e. The largest absolute Gasteiger partial charge is 0.305 e. The van der Waals surface area contributed by atoms with Crippen LogP contribution in [0.25, 0.3) is 22.5 Å². The summed E-state index contributed by atoms with van der Waals surface area (Å²) in [5.41, 5.74) is 5.74. The quantitative estimate of drug-likeness (QED) is 0.115. The van der Waals surface area contributed by atoms with Crippen molar-refractivity contribution in [3.8, 4) is 22.5 Å². The first kappa shape index (κ1) is 30.2. The Morgan fingerprint density at radius 3 is 2.09 bits per heavy atom. The summed E-state index contributed by atoms with van der Waals surface area (Å²) in [4.78, 5) is 9.03. The van der Waals surface area contributed by atoms with E-state index in [0.29, 0.717) is 11.3 Å². The van der Waals surface area contributed by atoms with Gasteiger partial charge in [0.2, 0.25) is 0 Å². The van der Waals surface area contributed by atoms with Crippen LogP contribution in [0.2, 0.25) is 19.6 Å². The molecule has 0 aliphatic rings. The van der Waals surface area contributed by atoms with Crippen LogP contribution in [0.3, 0.4) is 0 Å². The maximum absolute atomic E-state index is 8.90. The fraction of sp³-hybridized carbons (Fsp3) is 0.333. The standard InChI is InChI=1S/C24H26N.C18H24NSi.Ir/c1-18(20-9-6-5-7-10-20)21-11-8-12-22(16-21)23-15-19(13-14-25-23)17-24(2,3)4;1-14(2)11-16-12-17(15-9-7-6-8-10-15)19-13-18(16)20(3,4)5;/h5-11,13-16,18H,17H2,1-4H3;6-9,12-14H,11H2,1-5H3;/q2*-1;/i17D2,18D;11D2;. The molecule has 2 heterocycles. The van der Waals surface area contributed by atoms with Crippen molar-refractivity contribution in [2.75, 3.05) is 0 Å². The summed E-state index contributed by atoms with van der Waals surface area (Å²) < 4.78 is 43.1. The summed E-state index contributed by atoms with van der Waals surface area (Å²) in [6.07, 6.45) is 0.683. The predicted molar refractivity (Wildman–Crippen MR) is 196 cm³/mol. The second-order valence-corrected chi connectivity index (χ2v) is 18.8. The van der Waals surface area contributed by atoms with E-state index < -0.39 is 32.1 Å². The summed E-state index contributed by atoms with van der Waals surface area (Å²) in [5.74, 6) is -0.986. The fourth-order valence-electron chi connectivity index (χ4n) is 4.97. The number of hydrogen-bond acceptors (Lipinski definition) is 2. The van der Waals surface area contributed by atoms with Crippen LogP contribution in [0.15, 0.2) is 103 Å². The molecule has 0 N–H and O–H groups in total. The summed E-state index contributed by atoms with van der Waals surface area (Å²) >= 11 is 0. The maximum Gasteiger partial charge on any atom is 0.0798 e. The van der Waals surface area contributed by atoms with Gasteiger partial charge in [0.05, 0.1) is 8.07 Å². The Bertz CT molecular complexity index is 1880. The molecule has 2 aromatic heterocycles. The molecule has 0 amide bonds. The van der Waals surface area contributed by atoms with Crippen LogP contribution >= 0.6 is 0 Å². The third kappa shape index (κ3) is 11.0. The number of nitrogens with zero attached hydrogens (tertiary/aromatic N) is 2. The molecule has 0 aliphatic heterocycles. The van der Waals surface area contributed by atoms with Crippen LogP contribution in [-0.2, 0) is 32.9 Å². The molecule has 2 nitrogen and oxygen atoms in total. The van der Waals surface area contributed by atoms with Crippen molar-refractivity contribution in [3.05, 3.63) is 138 Å². The van der Waals surface area contributed by atoms with Gasteiger partial charge in [-0.1, -0.05) is 115 Å². The monoisotopic (exact) mass is 808 g/mol. The second kappa shape index (κ2) is 16.6. The van der Waals surface area contributed by atoms with Gasteiger partial charge in [0.25, 0.3) is 0 Å². The first-order valence-electron chi connectivity index (χ1n) is 18.2. The van der Waals surface area contributed by atoms with Gasteiger partial charge in [0, 0.05) is 39.4 Å². The Kier molecular flexibility index (Phi) is 10.9. The number of aromatic nitrogens is 2. The molecule has 1 radical (unpaired) electrons. The van der Waals surface area contributed by atoms with E-state index in [-0.39, 0.29) is 26.0 Å². The van der Waals surface area contributed by atoms with Gasteiger partial charge in [-0.15, -0.1) is 71.3 Å². The van der Waals surface area contributed by atoms with E-state index in [2.05, 4.69) is 41.7 Å². The van der Waals surface area contributed by atoms with Gasteiger partial charge < -0.3 is 9.97 Å². The summed E-state index contributed by atoms with van der Waals surface area (Å²) in [5, 5.41) is 1.10. The van der Waals surface area contributed by atoms with Crippen LogP contribution in [0.1, 0.15) is 76.5 Å². The average Bonchev–Trinajstić information content (AvgIpc) is 3.08. The SMILES string of the molecule is [2H]C(C)(c1ccccc1)c1cc[c-]c(-c2cc(C([2H])([2H])C(C)(C)C)ccn2)c1.[2H]C([2H])(c1cc(-c2[c-]cccc2)ncc1[Si](C)(C)C)C(C)C.[Ir]. The number of hydrogen-bond donors (Lipinski definition) is 0. The molecule has 0 spiro atoms. The zero-order valence-electron chi connectivity index (χ0n) is 33.6. The zero-order valence-corrected chi connectivity index (χ0v) is 32.0. The number of pyridine rings is 2. The second-order valence-electron chi connectivity index (χ2n) is 13.7. The fourth-order valence-corrected chi connectivity index (χ4v) is 6.38. The minimum atomic E-state index is -1.67. The van der Waals surface area contributed by atoms with E-state index in [9.17, 15) is 0 Å². The normalized spacial score (nSPS) is 15.0. The van der Waals surface area contributed by atoms with E-state index in [4.69, 9.17) is 6.85 Å². The molecule has 4 heteroatoms. The predicted octanol–water partition coefficient (Wildman–Crippen LogP) is 10.6. The molecule has 5 rings (SSSR count). The first-order valence-corrected chi connectivity index (χ1v) is 19.2. The van der Waals surface area contributed by atoms with Gasteiger partial charge in [-0.25, -0.2) is 0 Å². The maximum atomic E-state index is 8.90. The van der Waals surface area contributed by atoms with E-state index in [1.54, 1.807) is 18.3 Å². The molecule has 0 aliphatic carbocycles. The Balaban J connectivity index is 0.000000278. The molecular weight excluding hydrogens is 753 g/mol. The molecule has 0 fully saturated rings. The third-order valence-electron chi connectivity index (χ3n) is 7.14. The minimum absolute atomic E-state index is 0. The van der Waals surface area contributed by atoms with Gasteiger partial charge in [-0.2, -0.15) is 0 Å². The van der Waals surface area contributed by atoms with Crippen LogP contribution < -0.4 is 5.19 Å². The first-order chi connectivity index (χ1) is 23.2. The van der Waals surface area contributed by atoms with Crippen molar-refractivity contribution in [1.82, 2.24) is 9.97 Å². The van der Waals surface area contributed by atoms with E-state index in [1.807, 2.05) is 127 Å². The topological polar surface area (TPSA) is 25.8 Å². The van der Waals surface area contributed by atoms with Crippen LogP contribution in [0.4, 0.5) is 0 Å². The molecular formula is C42H50IrN2Si-2. The van der Waals surface area contributed by atoms with Crippen molar-refractivity contribution >= 4 is 13.3 Å². The Labute approximate surface area is 300 Å². The summed E-state index contributed by atoms with van der Waals surface area (Å²) in [6, 6.07) is 34.9. The molecule has 5 aromatic rings. The number of rotatable bonds is 8. The van der Waals surface area contributed by atoms with Crippen LogP contribution in [0.5, 0.6) is 0 Å². The Morgan fingerprint density at radius 1 is 0.783 bits per heavy atom. The minimum Gasteiger partial charge on any atom is -0.305 e. The molecule has 0 saturated carbocycles.